The summed E-state index contributed by atoms with van der Waals surface area (Å²) in [5, 5.41) is 25.0. The van der Waals surface area contributed by atoms with Gasteiger partial charge in [0.2, 0.25) is 0 Å². The van der Waals surface area contributed by atoms with Gasteiger partial charge in [0.15, 0.2) is 0 Å². The second-order valence-electron chi connectivity index (χ2n) is 14.8. The number of benzene rings is 3. The van der Waals surface area contributed by atoms with E-state index in [9.17, 15) is 19.8 Å². The molecule has 0 spiro atoms. The first-order valence-electron chi connectivity index (χ1n) is 18.7. The van der Waals surface area contributed by atoms with Crippen molar-refractivity contribution in [3.8, 4) is 0 Å². The minimum absolute atomic E-state index is 0.102. The molecule has 0 fully saturated rings. The Hall–Kier alpha value is -3.10. The van der Waals surface area contributed by atoms with Crippen LogP contribution in [0.4, 0.5) is 0 Å². The van der Waals surface area contributed by atoms with Crippen molar-refractivity contribution in [2.24, 2.45) is 0 Å². The highest BCUT2D eigenvalue weighted by Crippen LogP contribution is 2.38. The summed E-state index contributed by atoms with van der Waals surface area (Å²) < 4.78 is 7.15. The Bertz CT molecular complexity index is 1370. The largest absolute Gasteiger partial charge is 0.405 e. The molecule has 3 aromatic carbocycles. The van der Waals surface area contributed by atoms with E-state index < -0.39 is 38.4 Å². The standard InChI is InChI=1S/C42H59NO5Si/c1-5-6-7-8-9-10-11-12-13-14-15-22-31-38(44)39(45)37(43-40(46)35-29-23-24-30-36(35)41(43)47)32-48-49(42(2,3)4,33-25-18-16-19-26-33)34-27-20-17-21-28-34/h16-21,23-30,37-39,44-45H,5-15,22,31-32H2,1-4H3/t37-,38-,39-/m0/s1. The molecule has 6 nitrogen and oxygen atoms in total. The summed E-state index contributed by atoms with van der Waals surface area (Å²) in [6.45, 7) is 8.63. The highest BCUT2D eigenvalue weighted by atomic mass is 28.4. The topological polar surface area (TPSA) is 87.1 Å². The highest BCUT2D eigenvalue weighted by molar-refractivity contribution is 6.99. The summed E-state index contributed by atoms with van der Waals surface area (Å²) >= 11 is 0. The monoisotopic (exact) mass is 685 g/mol. The van der Waals surface area contributed by atoms with E-state index in [1.165, 1.54) is 57.8 Å². The summed E-state index contributed by atoms with van der Waals surface area (Å²) in [4.78, 5) is 28.7. The van der Waals surface area contributed by atoms with Crippen molar-refractivity contribution < 1.29 is 24.2 Å². The molecule has 1 aliphatic heterocycles. The summed E-state index contributed by atoms with van der Waals surface area (Å²) in [6, 6.07) is 26.0. The maximum atomic E-state index is 13.8. The summed E-state index contributed by atoms with van der Waals surface area (Å²) in [6.07, 6.45) is 12.4. The van der Waals surface area contributed by atoms with Crippen LogP contribution in [-0.2, 0) is 4.43 Å². The number of unbranched alkanes of at least 4 members (excludes halogenated alkanes) is 11. The fraction of sp³-hybridized carbons (Fsp3) is 0.524. The molecule has 1 heterocycles. The van der Waals surface area contributed by atoms with E-state index in [0.717, 1.165) is 34.5 Å². The van der Waals surface area contributed by atoms with Gasteiger partial charge in [-0.15, -0.1) is 0 Å². The van der Waals surface area contributed by atoms with Gasteiger partial charge < -0.3 is 14.6 Å². The number of imide groups is 1. The molecule has 0 radical (unpaired) electrons. The van der Waals surface area contributed by atoms with Crippen molar-refractivity contribution in [3.05, 3.63) is 96.1 Å². The van der Waals surface area contributed by atoms with Crippen molar-refractivity contribution in [2.75, 3.05) is 6.61 Å². The Labute approximate surface area is 296 Å². The number of hydrogen-bond acceptors (Lipinski definition) is 5. The summed E-state index contributed by atoms with van der Waals surface area (Å²) in [5.74, 6) is -0.929. The van der Waals surface area contributed by atoms with Crippen LogP contribution >= 0.6 is 0 Å². The lowest BCUT2D eigenvalue weighted by Crippen LogP contribution is -2.68. The normalized spacial score (nSPS) is 15.3. The number of rotatable bonds is 21. The zero-order chi connectivity index (χ0) is 35.3. The molecular formula is C42H59NO5Si. The number of carbonyl (C=O) groups is 2. The molecular weight excluding hydrogens is 627 g/mol. The number of aliphatic hydroxyl groups is 2. The molecule has 0 aliphatic carbocycles. The average molecular weight is 686 g/mol. The predicted molar refractivity (Wildman–Crippen MR) is 202 cm³/mol. The predicted octanol–water partition coefficient (Wildman–Crippen LogP) is 8.04. The fourth-order valence-electron chi connectivity index (χ4n) is 7.43. The number of aliphatic hydroxyl groups excluding tert-OH is 2. The fourth-order valence-corrected chi connectivity index (χ4v) is 12.0. The smallest absolute Gasteiger partial charge is 0.261 e. The third kappa shape index (κ3) is 9.57. The molecule has 2 N–H and O–H groups in total. The van der Waals surface area contributed by atoms with Gasteiger partial charge in [0, 0.05) is 0 Å². The van der Waals surface area contributed by atoms with Crippen LogP contribution in [0.2, 0.25) is 5.04 Å². The maximum absolute atomic E-state index is 13.8. The number of fused-ring (bicyclic) bond motifs is 1. The van der Waals surface area contributed by atoms with Crippen molar-refractivity contribution >= 4 is 30.5 Å². The Morgan fingerprint density at radius 3 is 1.47 bits per heavy atom. The third-order valence-corrected chi connectivity index (χ3v) is 15.2. The molecule has 49 heavy (non-hydrogen) atoms. The SMILES string of the molecule is CCCCCCCCCCCCCC[C@H](O)[C@@H](O)[C@H](CO[Si](c1ccccc1)(c1ccccc1)C(C)(C)C)N1C(=O)c2ccccc2C1=O. The van der Waals surface area contributed by atoms with E-state index in [1.807, 2.05) is 36.4 Å². The van der Waals surface area contributed by atoms with Gasteiger partial charge in [0.05, 0.1) is 29.9 Å². The molecule has 2 amide bonds. The summed E-state index contributed by atoms with van der Waals surface area (Å²) in [5.41, 5.74) is 0.621. The van der Waals surface area contributed by atoms with Crippen molar-refractivity contribution in [3.63, 3.8) is 0 Å². The average Bonchev–Trinajstić information content (AvgIpc) is 3.36. The van der Waals surface area contributed by atoms with Gasteiger partial charge in [-0.05, 0) is 34.0 Å². The summed E-state index contributed by atoms with van der Waals surface area (Å²) in [7, 11) is -3.07. The van der Waals surface area contributed by atoms with E-state index in [2.05, 4.69) is 52.0 Å². The van der Waals surface area contributed by atoms with Gasteiger partial charge in [-0.2, -0.15) is 0 Å². The zero-order valence-corrected chi connectivity index (χ0v) is 31.3. The van der Waals surface area contributed by atoms with Crippen LogP contribution in [0.5, 0.6) is 0 Å². The second kappa shape index (κ2) is 18.8. The van der Waals surface area contributed by atoms with E-state index in [1.54, 1.807) is 24.3 Å². The van der Waals surface area contributed by atoms with Crippen LogP contribution in [0.3, 0.4) is 0 Å². The minimum Gasteiger partial charge on any atom is -0.405 e. The molecule has 3 atom stereocenters. The number of carbonyl (C=O) groups excluding carboxylic acids is 2. The molecule has 266 valence electrons. The first-order valence-corrected chi connectivity index (χ1v) is 20.6. The first kappa shape index (κ1) is 38.7. The molecule has 0 saturated heterocycles. The van der Waals surface area contributed by atoms with Crippen LogP contribution in [0.15, 0.2) is 84.9 Å². The van der Waals surface area contributed by atoms with Crippen LogP contribution < -0.4 is 10.4 Å². The van der Waals surface area contributed by atoms with Gasteiger partial charge in [-0.1, -0.05) is 178 Å². The van der Waals surface area contributed by atoms with Gasteiger partial charge in [0.1, 0.15) is 6.10 Å². The minimum atomic E-state index is -3.07. The van der Waals surface area contributed by atoms with Crippen LogP contribution in [-0.4, -0.2) is 60.1 Å². The number of amides is 2. The third-order valence-electron chi connectivity index (χ3n) is 10.2. The zero-order valence-electron chi connectivity index (χ0n) is 30.3. The van der Waals surface area contributed by atoms with E-state index in [-0.39, 0.29) is 11.6 Å². The van der Waals surface area contributed by atoms with Crippen LogP contribution in [0.25, 0.3) is 0 Å². The number of hydrogen-bond donors (Lipinski definition) is 2. The molecule has 7 heteroatoms. The molecule has 0 aromatic heterocycles. The molecule has 0 bridgehead atoms. The van der Waals surface area contributed by atoms with E-state index >= 15 is 0 Å². The van der Waals surface area contributed by atoms with Gasteiger partial charge in [0.25, 0.3) is 20.1 Å². The van der Waals surface area contributed by atoms with E-state index in [4.69, 9.17) is 4.43 Å². The second-order valence-corrected chi connectivity index (χ2v) is 19.1. The van der Waals surface area contributed by atoms with Crippen LogP contribution in [0.1, 0.15) is 132 Å². The molecule has 0 unspecified atom stereocenters. The Morgan fingerprint density at radius 2 is 1.04 bits per heavy atom. The lowest BCUT2D eigenvalue weighted by molar-refractivity contribution is -0.0423. The lowest BCUT2D eigenvalue weighted by atomic mass is 9.98. The quantitative estimate of drug-likeness (QED) is 0.0674. The highest BCUT2D eigenvalue weighted by Gasteiger charge is 2.52. The Balaban J connectivity index is 1.49. The first-order chi connectivity index (χ1) is 23.6. The van der Waals surface area contributed by atoms with Gasteiger partial charge in [-0.3, -0.25) is 14.5 Å². The van der Waals surface area contributed by atoms with Crippen molar-refractivity contribution in [1.29, 1.82) is 0 Å². The molecule has 4 rings (SSSR count). The number of nitrogens with zero attached hydrogens (tertiary/aromatic N) is 1. The van der Waals surface area contributed by atoms with Gasteiger partial charge >= 0.3 is 0 Å². The van der Waals surface area contributed by atoms with E-state index in [0.29, 0.717) is 17.5 Å². The van der Waals surface area contributed by atoms with Gasteiger partial charge in [-0.25, -0.2) is 0 Å². The Kier molecular flexibility index (Phi) is 14.8. The maximum Gasteiger partial charge on any atom is 0.261 e. The lowest BCUT2D eigenvalue weighted by Gasteiger charge is -2.44. The van der Waals surface area contributed by atoms with Crippen molar-refractivity contribution in [2.45, 2.75) is 134 Å². The van der Waals surface area contributed by atoms with Crippen molar-refractivity contribution in [1.82, 2.24) is 4.90 Å². The molecule has 0 saturated carbocycles. The molecule has 3 aromatic rings. The van der Waals surface area contributed by atoms with Crippen LogP contribution in [0, 0.1) is 0 Å². The molecule has 1 aliphatic rings. The Morgan fingerprint density at radius 1 is 0.633 bits per heavy atom.